The fraction of sp³-hybridized carbons (Fsp3) is 0.133. The van der Waals surface area contributed by atoms with Crippen molar-refractivity contribution in [3.63, 3.8) is 0 Å². The number of nitrogens with two attached hydrogens (primary N) is 1. The Labute approximate surface area is 121 Å². The first-order chi connectivity index (χ1) is 8.97. The normalized spacial score (nSPS) is 10.3. The van der Waals surface area contributed by atoms with Gasteiger partial charge in [-0.1, -0.05) is 22.0 Å². The second-order valence-electron chi connectivity index (χ2n) is 4.48. The van der Waals surface area contributed by atoms with Crippen LogP contribution in [0.25, 0.3) is 0 Å². The van der Waals surface area contributed by atoms with Crippen LogP contribution in [0, 0.1) is 13.8 Å². The number of carbonyl (C=O) groups excluding carboxylic acids is 1. The molecule has 0 saturated heterocycles. The fourth-order valence-corrected chi connectivity index (χ4v) is 2.10. The third-order valence-corrected chi connectivity index (χ3v) is 3.52. The van der Waals surface area contributed by atoms with E-state index >= 15 is 0 Å². The smallest absolute Gasteiger partial charge is 0.255 e. The summed E-state index contributed by atoms with van der Waals surface area (Å²) in [6.07, 6.45) is 0. The molecule has 0 radical (unpaired) electrons. The van der Waals surface area contributed by atoms with Crippen molar-refractivity contribution in [1.82, 2.24) is 0 Å². The third-order valence-electron chi connectivity index (χ3n) is 3.03. The molecule has 98 valence electrons. The van der Waals surface area contributed by atoms with Crippen LogP contribution in [0.5, 0.6) is 0 Å². The van der Waals surface area contributed by atoms with Crippen molar-refractivity contribution in [2.24, 2.45) is 0 Å². The Morgan fingerprint density at radius 2 is 1.84 bits per heavy atom. The molecule has 19 heavy (non-hydrogen) atoms. The zero-order valence-corrected chi connectivity index (χ0v) is 12.4. The second kappa shape index (κ2) is 5.45. The highest BCUT2D eigenvalue weighted by Gasteiger charge is 2.09. The zero-order chi connectivity index (χ0) is 14.0. The molecule has 0 aromatic heterocycles. The lowest BCUT2D eigenvalue weighted by Crippen LogP contribution is -2.13. The van der Waals surface area contributed by atoms with Gasteiger partial charge in [-0.2, -0.15) is 0 Å². The van der Waals surface area contributed by atoms with E-state index in [1.807, 2.05) is 38.1 Å². The maximum Gasteiger partial charge on any atom is 0.255 e. The first-order valence-electron chi connectivity index (χ1n) is 5.91. The number of hydrogen-bond acceptors (Lipinski definition) is 2. The van der Waals surface area contributed by atoms with Gasteiger partial charge in [0.25, 0.3) is 5.91 Å². The number of nitrogens with one attached hydrogen (secondary N) is 1. The lowest BCUT2D eigenvalue weighted by Gasteiger charge is -2.09. The number of halogens is 1. The Hall–Kier alpha value is -1.81. The van der Waals surface area contributed by atoms with Crippen LogP contribution in [0.1, 0.15) is 21.5 Å². The van der Waals surface area contributed by atoms with Gasteiger partial charge in [0.15, 0.2) is 0 Å². The molecule has 0 aliphatic heterocycles. The highest BCUT2D eigenvalue weighted by Crippen LogP contribution is 2.23. The summed E-state index contributed by atoms with van der Waals surface area (Å²) in [5.74, 6) is -0.155. The minimum Gasteiger partial charge on any atom is -0.397 e. The molecule has 0 fully saturated rings. The molecular weight excluding hydrogens is 304 g/mol. The average Bonchev–Trinajstić information content (AvgIpc) is 2.36. The second-order valence-corrected chi connectivity index (χ2v) is 5.40. The molecule has 2 aromatic rings. The van der Waals surface area contributed by atoms with E-state index in [1.165, 1.54) is 5.56 Å². The summed E-state index contributed by atoms with van der Waals surface area (Å²) < 4.78 is 0.883. The molecule has 0 aliphatic rings. The third kappa shape index (κ3) is 3.15. The van der Waals surface area contributed by atoms with Gasteiger partial charge < -0.3 is 11.1 Å². The minimum absolute atomic E-state index is 0.155. The molecule has 4 heteroatoms. The van der Waals surface area contributed by atoms with E-state index in [-0.39, 0.29) is 5.91 Å². The maximum absolute atomic E-state index is 12.1. The van der Waals surface area contributed by atoms with E-state index in [1.54, 1.807) is 12.1 Å². The Balaban J connectivity index is 2.23. The number of benzene rings is 2. The van der Waals surface area contributed by atoms with Crippen LogP contribution in [0.2, 0.25) is 0 Å². The molecule has 0 heterocycles. The largest absolute Gasteiger partial charge is 0.397 e. The molecule has 2 aromatic carbocycles. The predicted molar refractivity (Wildman–Crippen MR) is 82.4 cm³/mol. The highest BCUT2D eigenvalue weighted by atomic mass is 79.9. The van der Waals surface area contributed by atoms with E-state index in [4.69, 9.17) is 5.73 Å². The van der Waals surface area contributed by atoms with Crippen molar-refractivity contribution in [2.75, 3.05) is 11.1 Å². The molecule has 2 rings (SSSR count). The Morgan fingerprint density at radius 3 is 2.47 bits per heavy atom. The average molecular weight is 319 g/mol. The van der Waals surface area contributed by atoms with E-state index in [0.717, 1.165) is 10.0 Å². The molecular formula is C15H15BrN2O. The summed E-state index contributed by atoms with van der Waals surface area (Å²) in [5, 5.41) is 2.82. The van der Waals surface area contributed by atoms with E-state index in [2.05, 4.69) is 21.2 Å². The van der Waals surface area contributed by atoms with E-state index in [9.17, 15) is 4.79 Å². The minimum atomic E-state index is -0.155. The van der Waals surface area contributed by atoms with Crippen LogP contribution in [-0.4, -0.2) is 5.91 Å². The number of carbonyl (C=O) groups is 1. The molecule has 1 amide bonds. The number of nitrogen functional groups attached to an aromatic ring is 1. The van der Waals surface area contributed by atoms with E-state index in [0.29, 0.717) is 16.9 Å². The molecule has 0 bridgehead atoms. The summed E-state index contributed by atoms with van der Waals surface area (Å²) >= 11 is 3.33. The number of hydrogen-bond donors (Lipinski definition) is 2. The summed E-state index contributed by atoms with van der Waals surface area (Å²) in [6, 6.07) is 11.0. The topological polar surface area (TPSA) is 55.1 Å². The van der Waals surface area contributed by atoms with Gasteiger partial charge in [-0.25, -0.2) is 0 Å². The van der Waals surface area contributed by atoms with Gasteiger partial charge >= 0.3 is 0 Å². The molecule has 3 nitrogen and oxygen atoms in total. The van der Waals surface area contributed by atoms with Crippen LogP contribution in [0.15, 0.2) is 40.9 Å². The zero-order valence-electron chi connectivity index (χ0n) is 10.8. The number of anilines is 2. The first kappa shape index (κ1) is 13.6. The van der Waals surface area contributed by atoms with Gasteiger partial charge in [0.05, 0.1) is 11.4 Å². The lowest BCUT2D eigenvalue weighted by molar-refractivity contribution is 0.102. The maximum atomic E-state index is 12.1. The summed E-state index contributed by atoms with van der Waals surface area (Å²) in [6.45, 7) is 4.00. The van der Waals surface area contributed by atoms with Crippen LogP contribution < -0.4 is 11.1 Å². The van der Waals surface area contributed by atoms with Gasteiger partial charge in [-0.05, 0) is 55.3 Å². The number of rotatable bonds is 2. The Bertz CT molecular complexity index is 638. The van der Waals surface area contributed by atoms with Crippen molar-refractivity contribution in [1.29, 1.82) is 0 Å². The standard InChI is InChI=1S/C15H15BrN2O/c1-9-3-4-11(7-10(9)2)15(19)18-14-6-5-12(16)8-13(14)17/h3-8H,17H2,1-2H3,(H,18,19). The van der Waals surface area contributed by atoms with Crippen LogP contribution in [-0.2, 0) is 0 Å². The van der Waals surface area contributed by atoms with Crippen molar-refractivity contribution in [2.45, 2.75) is 13.8 Å². The molecule has 0 aliphatic carbocycles. The quantitative estimate of drug-likeness (QED) is 0.825. The number of aryl methyl sites for hydroxylation is 2. The molecule has 0 atom stereocenters. The molecule has 3 N–H and O–H groups in total. The van der Waals surface area contributed by atoms with Crippen molar-refractivity contribution >= 4 is 33.2 Å². The monoisotopic (exact) mass is 318 g/mol. The van der Waals surface area contributed by atoms with Crippen molar-refractivity contribution in [3.8, 4) is 0 Å². The summed E-state index contributed by atoms with van der Waals surface area (Å²) in [4.78, 5) is 12.1. The van der Waals surface area contributed by atoms with Crippen molar-refractivity contribution < 1.29 is 4.79 Å². The molecule has 0 saturated carbocycles. The molecule has 0 spiro atoms. The Morgan fingerprint density at radius 1 is 1.11 bits per heavy atom. The van der Waals surface area contributed by atoms with Gasteiger partial charge in [-0.3, -0.25) is 4.79 Å². The van der Waals surface area contributed by atoms with Crippen molar-refractivity contribution in [3.05, 3.63) is 57.6 Å². The van der Waals surface area contributed by atoms with Gasteiger partial charge in [-0.15, -0.1) is 0 Å². The van der Waals surface area contributed by atoms with Gasteiger partial charge in [0, 0.05) is 10.0 Å². The summed E-state index contributed by atoms with van der Waals surface area (Å²) in [7, 11) is 0. The molecule has 0 unspecified atom stereocenters. The highest BCUT2D eigenvalue weighted by molar-refractivity contribution is 9.10. The van der Waals surface area contributed by atoms with Crippen LogP contribution in [0.3, 0.4) is 0 Å². The fourth-order valence-electron chi connectivity index (χ4n) is 1.72. The SMILES string of the molecule is Cc1ccc(C(=O)Nc2ccc(Br)cc2N)cc1C. The van der Waals surface area contributed by atoms with Gasteiger partial charge in [0.2, 0.25) is 0 Å². The first-order valence-corrected chi connectivity index (χ1v) is 6.70. The van der Waals surface area contributed by atoms with E-state index < -0.39 is 0 Å². The van der Waals surface area contributed by atoms with Gasteiger partial charge in [0.1, 0.15) is 0 Å². The van der Waals surface area contributed by atoms with Crippen LogP contribution >= 0.6 is 15.9 Å². The predicted octanol–water partition coefficient (Wildman–Crippen LogP) is 3.90. The summed E-state index contributed by atoms with van der Waals surface area (Å²) in [5.41, 5.74) is 9.90. The number of amides is 1. The Kier molecular flexibility index (Phi) is 3.90. The lowest BCUT2D eigenvalue weighted by atomic mass is 10.1. The van der Waals surface area contributed by atoms with Crippen LogP contribution in [0.4, 0.5) is 11.4 Å².